The van der Waals surface area contributed by atoms with E-state index >= 15 is 0 Å². The molecular formula is C14H18BrClFN. The fourth-order valence-electron chi connectivity index (χ4n) is 2.02. The first-order valence-corrected chi connectivity index (χ1v) is 7.54. The molecule has 1 aromatic carbocycles. The van der Waals surface area contributed by atoms with E-state index in [-0.39, 0.29) is 16.8 Å². The molecule has 18 heavy (non-hydrogen) atoms. The van der Waals surface area contributed by atoms with E-state index in [1.54, 1.807) is 0 Å². The number of hydrogen-bond donors (Lipinski definition) is 1. The number of halogens is 3. The third-order valence-corrected chi connectivity index (χ3v) is 4.97. The lowest BCUT2D eigenvalue weighted by Gasteiger charge is -2.22. The van der Waals surface area contributed by atoms with Crippen molar-refractivity contribution in [1.29, 1.82) is 0 Å². The van der Waals surface area contributed by atoms with Crippen molar-refractivity contribution in [2.45, 2.75) is 38.6 Å². The van der Waals surface area contributed by atoms with E-state index in [0.29, 0.717) is 22.0 Å². The van der Waals surface area contributed by atoms with Gasteiger partial charge in [-0.15, -0.1) is 0 Å². The lowest BCUT2D eigenvalue weighted by Crippen LogP contribution is -2.26. The third kappa shape index (κ3) is 3.25. The molecule has 2 atom stereocenters. The van der Waals surface area contributed by atoms with Crippen molar-refractivity contribution in [3.05, 3.63) is 33.0 Å². The van der Waals surface area contributed by atoms with Gasteiger partial charge in [0.25, 0.3) is 0 Å². The fourth-order valence-corrected chi connectivity index (χ4v) is 2.49. The lowest BCUT2D eigenvalue weighted by molar-refractivity contribution is 0.433. The zero-order chi connectivity index (χ0) is 13.3. The van der Waals surface area contributed by atoms with E-state index in [1.165, 1.54) is 12.8 Å². The van der Waals surface area contributed by atoms with Crippen LogP contribution >= 0.6 is 27.5 Å². The molecule has 0 radical (unpaired) electrons. The maximum Gasteiger partial charge on any atom is 0.146 e. The van der Waals surface area contributed by atoms with Crippen LogP contribution in [0.25, 0.3) is 0 Å². The average Bonchev–Trinajstić information content (AvgIpc) is 3.16. The van der Waals surface area contributed by atoms with Gasteiger partial charge in [-0.05, 0) is 58.8 Å². The highest BCUT2D eigenvalue weighted by Gasteiger charge is 2.24. The Morgan fingerprint density at radius 2 is 2.11 bits per heavy atom. The molecule has 1 N–H and O–H groups in total. The van der Waals surface area contributed by atoms with Crippen LogP contribution in [0, 0.1) is 11.7 Å². The Morgan fingerprint density at radius 1 is 1.44 bits per heavy atom. The molecule has 2 unspecified atom stereocenters. The standard InChI is InChI=1S/C14H18BrClFN/c1-8(7-18-10-3-4-10)9(2)11-5-6-12(15)13(16)14(11)17/h5-6,8-10,18H,3-4,7H2,1-2H3. The predicted molar refractivity (Wildman–Crippen MR) is 77.7 cm³/mol. The Hall–Kier alpha value is -0.120. The van der Waals surface area contributed by atoms with E-state index in [0.717, 1.165) is 6.54 Å². The first kappa shape index (κ1) is 14.3. The van der Waals surface area contributed by atoms with Crippen molar-refractivity contribution in [2.24, 2.45) is 5.92 Å². The van der Waals surface area contributed by atoms with Gasteiger partial charge in [0.05, 0.1) is 5.02 Å². The molecule has 0 amide bonds. The normalized spacial score (nSPS) is 18.7. The van der Waals surface area contributed by atoms with Gasteiger partial charge in [0.15, 0.2) is 0 Å². The highest BCUT2D eigenvalue weighted by Crippen LogP contribution is 2.34. The molecule has 1 saturated carbocycles. The molecule has 0 aromatic heterocycles. The SMILES string of the molecule is CC(CNC1CC1)C(C)c1ccc(Br)c(Cl)c1F. The van der Waals surface area contributed by atoms with Crippen LogP contribution in [0.3, 0.4) is 0 Å². The third-order valence-electron chi connectivity index (χ3n) is 3.72. The van der Waals surface area contributed by atoms with E-state index in [9.17, 15) is 4.39 Å². The van der Waals surface area contributed by atoms with Crippen LogP contribution in [-0.2, 0) is 0 Å². The Labute approximate surface area is 121 Å². The van der Waals surface area contributed by atoms with Crippen molar-refractivity contribution in [3.63, 3.8) is 0 Å². The zero-order valence-corrected chi connectivity index (χ0v) is 13.0. The van der Waals surface area contributed by atoms with Crippen LogP contribution in [0.4, 0.5) is 4.39 Å². The van der Waals surface area contributed by atoms with Gasteiger partial charge < -0.3 is 5.32 Å². The topological polar surface area (TPSA) is 12.0 Å². The highest BCUT2D eigenvalue weighted by atomic mass is 79.9. The van der Waals surface area contributed by atoms with Crippen LogP contribution in [0.1, 0.15) is 38.2 Å². The second-order valence-corrected chi connectivity index (χ2v) is 6.45. The first-order chi connectivity index (χ1) is 8.50. The fraction of sp³-hybridized carbons (Fsp3) is 0.571. The van der Waals surface area contributed by atoms with Gasteiger partial charge in [-0.1, -0.05) is 31.5 Å². The molecular weight excluding hydrogens is 317 g/mol. The van der Waals surface area contributed by atoms with Gasteiger partial charge in [0, 0.05) is 10.5 Å². The van der Waals surface area contributed by atoms with E-state index in [2.05, 4.69) is 35.1 Å². The molecule has 0 aliphatic heterocycles. The second-order valence-electron chi connectivity index (χ2n) is 5.21. The molecule has 0 bridgehead atoms. The first-order valence-electron chi connectivity index (χ1n) is 6.37. The second kappa shape index (κ2) is 5.89. The van der Waals surface area contributed by atoms with Crippen molar-refractivity contribution < 1.29 is 4.39 Å². The summed E-state index contributed by atoms with van der Waals surface area (Å²) in [4.78, 5) is 0. The summed E-state index contributed by atoms with van der Waals surface area (Å²) < 4.78 is 14.7. The van der Waals surface area contributed by atoms with Crippen LogP contribution in [0.5, 0.6) is 0 Å². The highest BCUT2D eigenvalue weighted by molar-refractivity contribution is 9.10. The van der Waals surface area contributed by atoms with Crippen molar-refractivity contribution >= 4 is 27.5 Å². The van der Waals surface area contributed by atoms with Crippen LogP contribution in [0.2, 0.25) is 5.02 Å². The molecule has 0 saturated heterocycles. The smallest absolute Gasteiger partial charge is 0.146 e. The molecule has 1 aliphatic rings. The Bertz CT molecular complexity index is 434. The number of rotatable bonds is 5. The monoisotopic (exact) mass is 333 g/mol. The van der Waals surface area contributed by atoms with Crippen LogP contribution in [0.15, 0.2) is 16.6 Å². The number of hydrogen-bond acceptors (Lipinski definition) is 1. The molecule has 0 spiro atoms. The minimum atomic E-state index is -0.295. The summed E-state index contributed by atoms with van der Waals surface area (Å²) in [6.07, 6.45) is 2.55. The average molecular weight is 335 g/mol. The quantitative estimate of drug-likeness (QED) is 0.767. The summed E-state index contributed by atoms with van der Waals surface area (Å²) in [6.45, 7) is 5.14. The van der Waals surface area contributed by atoms with Gasteiger partial charge in [-0.25, -0.2) is 4.39 Å². The predicted octanol–water partition coefficient (Wildman–Crippen LogP) is 4.73. The van der Waals surface area contributed by atoms with Crippen molar-refractivity contribution in [2.75, 3.05) is 6.54 Å². The van der Waals surface area contributed by atoms with Crippen molar-refractivity contribution in [3.8, 4) is 0 Å². The summed E-state index contributed by atoms with van der Waals surface area (Å²) in [5.41, 5.74) is 0.702. The summed E-state index contributed by atoms with van der Waals surface area (Å²) in [6, 6.07) is 4.33. The van der Waals surface area contributed by atoms with Gasteiger partial charge in [0.2, 0.25) is 0 Å². The Balaban J connectivity index is 2.06. The number of nitrogens with one attached hydrogen (secondary N) is 1. The van der Waals surface area contributed by atoms with Crippen LogP contribution < -0.4 is 5.32 Å². The maximum atomic E-state index is 14.1. The molecule has 100 valence electrons. The van der Waals surface area contributed by atoms with Crippen molar-refractivity contribution in [1.82, 2.24) is 5.32 Å². The largest absolute Gasteiger partial charge is 0.314 e. The molecule has 1 nitrogen and oxygen atoms in total. The van der Waals surface area contributed by atoms with Gasteiger partial charge in [-0.3, -0.25) is 0 Å². The van der Waals surface area contributed by atoms with Crippen LogP contribution in [-0.4, -0.2) is 12.6 Å². The zero-order valence-electron chi connectivity index (χ0n) is 10.6. The summed E-state index contributed by atoms with van der Waals surface area (Å²) >= 11 is 9.17. The van der Waals surface area contributed by atoms with Gasteiger partial charge >= 0.3 is 0 Å². The Kier molecular flexibility index (Phi) is 4.68. The molecule has 4 heteroatoms. The molecule has 1 aliphatic carbocycles. The lowest BCUT2D eigenvalue weighted by atomic mass is 9.88. The molecule has 1 aromatic rings. The molecule has 2 rings (SSSR count). The molecule has 0 heterocycles. The maximum absolute atomic E-state index is 14.1. The minimum absolute atomic E-state index is 0.154. The summed E-state index contributed by atoms with van der Waals surface area (Å²) in [7, 11) is 0. The van der Waals surface area contributed by atoms with Gasteiger partial charge in [-0.2, -0.15) is 0 Å². The van der Waals surface area contributed by atoms with E-state index in [1.807, 2.05) is 12.1 Å². The molecule has 1 fully saturated rings. The minimum Gasteiger partial charge on any atom is -0.314 e. The Morgan fingerprint density at radius 3 is 2.72 bits per heavy atom. The van der Waals surface area contributed by atoms with Gasteiger partial charge in [0.1, 0.15) is 5.82 Å². The summed E-state index contributed by atoms with van der Waals surface area (Å²) in [5, 5.41) is 3.67. The van der Waals surface area contributed by atoms with E-state index < -0.39 is 0 Å². The summed E-state index contributed by atoms with van der Waals surface area (Å²) in [5.74, 6) is 0.246. The number of benzene rings is 1. The van der Waals surface area contributed by atoms with E-state index in [4.69, 9.17) is 11.6 Å².